The molecule has 0 rings (SSSR count). The van der Waals surface area contributed by atoms with Crippen molar-refractivity contribution in [3.63, 3.8) is 0 Å². The van der Waals surface area contributed by atoms with Crippen molar-refractivity contribution in [2.75, 3.05) is 7.05 Å². The number of hydrogen-bond donors (Lipinski definition) is 1. The molecule has 0 aromatic carbocycles. The maximum atomic E-state index is 3.02. The zero-order chi connectivity index (χ0) is 10.5. The highest BCUT2D eigenvalue weighted by Gasteiger charge is 2.21. The summed E-state index contributed by atoms with van der Waals surface area (Å²) >= 11 is 0. The van der Waals surface area contributed by atoms with Crippen molar-refractivity contribution in [2.45, 2.75) is 34.6 Å². The molecule has 0 aliphatic heterocycles. The van der Waals surface area contributed by atoms with Crippen LogP contribution in [0.3, 0.4) is 0 Å². The monoisotopic (exact) mass is 181 g/mol. The number of hydrogen-bond acceptors (Lipinski definition) is 1. The molecule has 0 aromatic rings. The van der Waals surface area contributed by atoms with Gasteiger partial charge in [0.2, 0.25) is 0 Å². The van der Waals surface area contributed by atoms with E-state index < -0.39 is 0 Å². The van der Waals surface area contributed by atoms with Crippen LogP contribution in [-0.4, -0.2) is 7.05 Å². The van der Waals surface area contributed by atoms with Crippen LogP contribution < -0.4 is 5.32 Å². The molecule has 0 spiro atoms. The van der Waals surface area contributed by atoms with Crippen molar-refractivity contribution in [1.29, 1.82) is 0 Å². The van der Waals surface area contributed by atoms with Crippen molar-refractivity contribution >= 4 is 0 Å². The summed E-state index contributed by atoms with van der Waals surface area (Å²) in [4.78, 5) is 0. The van der Waals surface area contributed by atoms with E-state index >= 15 is 0 Å². The van der Waals surface area contributed by atoms with Gasteiger partial charge < -0.3 is 5.32 Å². The van der Waals surface area contributed by atoms with Crippen molar-refractivity contribution in [2.24, 2.45) is 11.3 Å². The quantitative estimate of drug-likeness (QED) is 0.658. The Balaban J connectivity index is 4.53. The molecule has 0 aliphatic carbocycles. The Hall–Kier alpha value is -0.720. The first-order valence-corrected chi connectivity index (χ1v) is 4.93. The smallest absolute Gasteiger partial charge is 0.00277 e. The summed E-state index contributed by atoms with van der Waals surface area (Å²) in [5.74, 6) is 0.585. The second-order valence-electron chi connectivity index (χ2n) is 4.50. The van der Waals surface area contributed by atoms with E-state index in [1.807, 2.05) is 13.2 Å². The van der Waals surface area contributed by atoms with Crippen LogP contribution in [0, 0.1) is 11.3 Å². The molecule has 1 unspecified atom stereocenters. The average Bonchev–Trinajstić information content (AvgIpc) is 2.04. The summed E-state index contributed by atoms with van der Waals surface area (Å²) in [6.45, 7) is 11.2. The maximum Gasteiger partial charge on any atom is 0.00277 e. The van der Waals surface area contributed by atoms with Gasteiger partial charge in [0, 0.05) is 7.05 Å². The number of allylic oxidation sites excluding steroid dienone is 3. The predicted molar refractivity (Wildman–Crippen MR) is 60.6 cm³/mol. The van der Waals surface area contributed by atoms with E-state index in [1.54, 1.807) is 0 Å². The molecule has 0 amide bonds. The Bertz CT molecular complexity index is 194. The molecule has 0 saturated heterocycles. The number of nitrogens with one attached hydrogen (secondary N) is 1. The van der Waals surface area contributed by atoms with Gasteiger partial charge in [-0.15, -0.1) is 0 Å². The van der Waals surface area contributed by atoms with Gasteiger partial charge in [0.25, 0.3) is 0 Å². The third-order valence-corrected chi connectivity index (χ3v) is 2.57. The summed E-state index contributed by atoms with van der Waals surface area (Å²) in [7, 11) is 1.92. The fourth-order valence-electron chi connectivity index (χ4n) is 1.17. The molecule has 0 radical (unpaired) electrons. The molecule has 1 nitrogen and oxygen atoms in total. The second kappa shape index (κ2) is 5.11. The average molecular weight is 181 g/mol. The topological polar surface area (TPSA) is 12.0 Å². The third-order valence-electron chi connectivity index (χ3n) is 2.57. The summed E-state index contributed by atoms with van der Waals surface area (Å²) in [6.07, 6.45) is 6.32. The van der Waals surface area contributed by atoms with Crippen LogP contribution in [0.15, 0.2) is 23.9 Å². The molecule has 76 valence electrons. The van der Waals surface area contributed by atoms with Crippen LogP contribution in [0.25, 0.3) is 0 Å². The fourth-order valence-corrected chi connectivity index (χ4v) is 1.17. The third kappa shape index (κ3) is 4.16. The first-order valence-electron chi connectivity index (χ1n) is 4.93. The van der Waals surface area contributed by atoms with Crippen LogP contribution >= 0.6 is 0 Å². The SMILES string of the molecule is C/C=C(\C=C/NC)C(C)C(C)(C)C. The Morgan fingerprint density at radius 3 is 2.15 bits per heavy atom. The highest BCUT2D eigenvalue weighted by Crippen LogP contribution is 2.31. The first-order chi connectivity index (χ1) is 5.93. The van der Waals surface area contributed by atoms with Gasteiger partial charge in [0.05, 0.1) is 0 Å². The van der Waals surface area contributed by atoms with Gasteiger partial charge in [-0.1, -0.05) is 33.8 Å². The lowest BCUT2D eigenvalue weighted by Crippen LogP contribution is -2.18. The number of rotatable bonds is 3. The molecule has 1 atom stereocenters. The van der Waals surface area contributed by atoms with Crippen LogP contribution in [0.1, 0.15) is 34.6 Å². The van der Waals surface area contributed by atoms with Gasteiger partial charge in [-0.05, 0) is 36.1 Å². The van der Waals surface area contributed by atoms with Crippen LogP contribution in [0.2, 0.25) is 0 Å². The summed E-state index contributed by atoms with van der Waals surface area (Å²) < 4.78 is 0. The molecular formula is C12H23N. The van der Waals surface area contributed by atoms with E-state index in [0.717, 1.165) is 0 Å². The highest BCUT2D eigenvalue weighted by atomic mass is 14.8. The Labute approximate surface area is 82.9 Å². The van der Waals surface area contributed by atoms with Gasteiger partial charge in [-0.2, -0.15) is 0 Å². The van der Waals surface area contributed by atoms with E-state index in [4.69, 9.17) is 0 Å². The van der Waals surface area contributed by atoms with Gasteiger partial charge in [-0.25, -0.2) is 0 Å². The van der Waals surface area contributed by atoms with E-state index in [-0.39, 0.29) is 0 Å². The van der Waals surface area contributed by atoms with Crippen molar-refractivity contribution < 1.29 is 0 Å². The van der Waals surface area contributed by atoms with Gasteiger partial charge >= 0.3 is 0 Å². The van der Waals surface area contributed by atoms with Crippen molar-refractivity contribution in [1.82, 2.24) is 5.32 Å². The highest BCUT2D eigenvalue weighted by molar-refractivity contribution is 5.21. The van der Waals surface area contributed by atoms with Crippen LogP contribution in [0.5, 0.6) is 0 Å². The minimum atomic E-state index is 0.333. The molecule has 0 saturated carbocycles. The molecule has 0 fully saturated rings. The molecular weight excluding hydrogens is 158 g/mol. The van der Waals surface area contributed by atoms with E-state index in [1.165, 1.54) is 5.57 Å². The molecule has 0 bridgehead atoms. The standard InChI is InChI=1S/C12H23N/c1-7-11(8-9-13-6)10(2)12(3,4)5/h7-10,13H,1-6H3/b9-8-,11-7+. The van der Waals surface area contributed by atoms with Crippen molar-refractivity contribution in [3.8, 4) is 0 Å². The molecule has 13 heavy (non-hydrogen) atoms. The minimum absolute atomic E-state index is 0.333. The molecule has 0 aromatic heterocycles. The normalized spacial score (nSPS) is 16.3. The zero-order valence-electron chi connectivity index (χ0n) is 9.81. The largest absolute Gasteiger partial charge is 0.394 e. The van der Waals surface area contributed by atoms with Crippen LogP contribution in [-0.2, 0) is 0 Å². The predicted octanol–water partition coefficient (Wildman–Crippen LogP) is 3.35. The lowest BCUT2D eigenvalue weighted by atomic mass is 9.77. The van der Waals surface area contributed by atoms with E-state index in [9.17, 15) is 0 Å². The lowest BCUT2D eigenvalue weighted by molar-refractivity contribution is 0.304. The Morgan fingerprint density at radius 2 is 1.85 bits per heavy atom. The minimum Gasteiger partial charge on any atom is -0.394 e. The van der Waals surface area contributed by atoms with E-state index in [2.05, 4.69) is 52.1 Å². The molecule has 0 heterocycles. The Morgan fingerprint density at radius 1 is 1.31 bits per heavy atom. The summed E-state index contributed by atoms with van der Waals surface area (Å²) in [5, 5.41) is 3.02. The fraction of sp³-hybridized carbons (Fsp3) is 0.667. The second-order valence-corrected chi connectivity index (χ2v) is 4.50. The van der Waals surface area contributed by atoms with Crippen LogP contribution in [0.4, 0.5) is 0 Å². The summed E-state index contributed by atoms with van der Waals surface area (Å²) in [6, 6.07) is 0. The first kappa shape index (κ1) is 12.3. The van der Waals surface area contributed by atoms with Gasteiger partial charge in [0.15, 0.2) is 0 Å². The zero-order valence-corrected chi connectivity index (χ0v) is 9.81. The Kier molecular flexibility index (Phi) is 4.82. The lowest BCUT2D eigenvalue weighted by Gasteiger charge is -2.28. The summed E-state index contributed by atoms with van der Waals surface area (Å²) in [5.41, 5.74) is 1.72. The molecule has 1 heteroatoms. The maximum absolute atomic E-state index is 3.02. The molecule has 1 N–H and O–H groups in total. The van der Waals surface area contributed by atoms with E-state index in [0.29, 0.717) is 11.3 Å². The molecule has 0 aliphatic rings. The van der Waals surface area contributed by atoms with Crippen molar-refractivity contribution in [3.05, 3.63) is 23.9 Å². The van der Waals surface area contributed by atoms with Gasteiger partial charge in [-0.3, -0.25) is 0 Å². The van der Waals surface area contributed by atoms with Gasteiger partial charge in [0.1, 0.15) is 0 Å².